The van der Waals surface area contributed by atoms with Crippen LogP contribution in [0.2, 0.25) is 5.02 Å². The van der Waals surface area contributed by atoms with Crippen molar-refractivity contribution in [3.63, 3.8) is 0 Å². The van der Waals surface area contributed by atoms with Gasteiger partial charge in [0.1, 0.15) is 5.75 Å². The minimum atomic E-state index is -0.214. The zero-order valence-electron chi connectivity index (χ0n) is 10.7. The van der Waals surface area contributed by atoms with Crippen molar-refractivity contribution >= 4 is 23.7 Å². The average Bonchev–Trinajstić information content (AvgIpc) is 2.32. The zero-order chi connectivity index (χ0) is 13.5. The molecule has 1 N–H and O–H groups in total. The molecule has 0 aromatic heterocycles. The molecule has 1 amide bonds. The quantitative estimate of drug-likeness (QED) is 0.659. The van der Waals surface area contributed by atoms with E-state index in [1.54, 1.807) is 12.1 Å². The number of amides is 1. The van der Waals surface area contributed by atoms with E-state index in [0.29, 0.717) is 10.8 Å². The summed E-state index contributed by atoms with van der Waals surface area (Å²) >= 11 is 6.10. The number of hydrogen-bond donors (Lipinski definition) is 1. The van der Waals surface area contributed by atoms with E-state index >= 15 is 0 Å². The number of ether oxygens (including phenoxy) is 1. The number of halogens is 1. The van der Waals surface area contributed by atoms with Gasteiger partial charge in [-0.05, 0) is 37.1 Å². The fourth-order valence-electron chi connectivity index (χ4n) is 1.19. The summed E-state index contributed by atoms with van der Waals surface area (Å²) in [4.78, 5) is 10.6. The molecule has 1 aromatic rings. The summed E-state index contributed by atoms with van der Waals surface area (Å²) < 4.78 is 5.65. The lowest BCUT2D eigenvalue weighted by atomic mass is 10.2. The fraction of sp³-hybridized carbons (Fsp3) is 0.385. The van der Waals surface area contributed by atoms with Gasteiger partial charge in [0.25, 0.3) is 0 Å². The third kappa shape index (κ3) is 4.75. The largest absolute Gasteiger partial charge is 0.489 e. The number of hydrogen-bond acceptors (Lipinski definition) is 3. The summed E-state index contributed by atoms with van der Waals surface area (Å²) in [6, 6.07) is 5.36. The van der Waals surface area contributed by atoms with Crippen LogP contribution in [0.4, 0.5) is 0 Å². The third-order valence-corrected chi connectivity index (χ3v) is 2.59. The van der Waals surface area contributed by atoms with Gasteiger partial charge in [0.05, 0.1) is 17.3 Å². The molecule has 0 radical (unpaired) electrons. The summed E-state index contributed by atoms with van der Waals surface area (Å²) in [6.07, 6.45) is 2.57. The highest BCUT2D eigenvalue weighted by Gasteiger charge is 2.06. The maximum Gasteiger partial charge on any atom is 0.236 e. The molecule has 1 aromatic carbocycles. The van der Waals surface area contributed by atoms with Crippen LogP contribution in [-0.2, 0) is 4.79 Å². The topological polar surface area (TPSA) is 50.7 Å². The first kappa shape index (κ1) is 14.5. The molecule has 0 spiro atoms. The Labute approximate surface area is 112 Å². The Kier molecular flexibility index (Phi) is 5.65. The highest BCUT2D eigenvalue weighted by molar-refractivity contribution is 6.32. The molecule has 0 aliphatic carbocycles. The summed E-state index contributed by atoms with van der Waals surface area (Å²) in [7, 11) is 0. The molecule has 0 heterocycles. The van der Waals surface area contributed by atoms with Gasteiger partial charge in [0.2, 0.25) is 5.91 Å². The highest BCUT2D eigenvalue weighted by Crippen LogP contribution is 2.26. The first-order valence-corrected chi connectivity index (χ1v) is 6.16. The fourth-order valence-corrected chi connectivity index (χ4v) is 1.42. The molecule has 4 nitrogen and oxygen atoms in total. The Balaban J connectivity index is 2.73. The molecule has 5 heteroatoms. The molecular weight excluding hydrogens is 252 g/mol. The molecule has 0 saturated carbocycles. The summed E-state index contributed by atoms with van der Waals surface area (Å²) in [6.45, 7) is 5.43. The van der Waals surface area contributed by atoms with Crippen LogP contribution in [0.3, 0.4) is 0 Å². The number of nitrogens with one attached hydrogen (secondary N) is 1. The van der Waals surface area contributed by atoms with E-state index in [1.807, 2.05) is 19.9 Å². The monoisotopic (exact) mass is 268 g/mol. The van der Waals surface area contributed by atoms with Crippen LogP contribution in [0.1, 0.15) is 32.8 Å². The lowest BCUT2D eigenvalue weighted by Crippen LogP contribution is -2.12. The van der Waals surface area contributed by atoms with Gasteiger partial charge in [-0.25, -0.2) is 5.43 Å². The van der Waals surface area contributed by atoms with Crippen LogP contribution in [0, 0.1) is 0 Å². The molecule has 1 rings (SSSR count). The van der Waals surface area contributed by atoms with Gasteiger partial charge >= 0.3 is 0 Å². The van der Waals surface area contributed by atoms with Gasteiger partial charge in [-0.3, -0.25) is 4.79 Å². The van der Waals surface area contributed by atoms with Crippen molar-refractivity contribution in [3.8, 4) is 5.75 Å². The van der Waals surface area contributed by atoms with Gasteiger partial charge in [0.15, 0.2) is 0 Å². The lowest BCUT2D eigenvalue weighted by molar-refractivity contribution is -0.118. The Morgan fingerprint density at radius 3 is 2.89 bits per heavy atom. The second-order valence-corrected chi connectivity index (χ2v) is 4.36. The van der Waals surface area contributed by atoms with E-state index in [1.165, 1.54) is 13.1 Å². The average molecular weight is 269 g/mol. The number of nitrogens with zero attached hydrogens (tertiary/aromatic N) is 1. The Morgan fingerprint density at radius 2 is 2.33 bits per heavy atom. The van der Waals surface area contributed by atoms with Crippen molar-refractivity contribution in [3.05, 3.63) is 28.8 Å². The minimum absolute atomic E-state index is 0.126. The van der Waals surface area contributed by atoms with Crippen LogP contribution in [0.15, 0.2) is 23.3 Å². The van der Waals surface area contributed by atoms with Gasteiger partial charge in [0, 0.05) is 6.92 Å². The van der Waals surface area contributed by atoms with E-state index in [4.69, 9.17) is 16.3 Å². The van der Waals surface area contributed by atoms with Crippen molar-refractivity contribution in [2.24, 2.45) is 5.10 Å². The van der Waals surface area contributed by atoms with Crippen molar-refractivity contribution < 1.29 is 9.53 Å². The Hall–Kier alpha value is -1.55. The first-order chi connectivity index (χ1) is 8.52. The molecule has 18 heavy (non-hydrogen) atoms. The van der Waals surface area contributed by atoms with Gasteiger partial charge in [-0.2, -0.15) is 5.10 Å². The maximum atomic E-state index is 10.6. The SMILES string of the molecule is CC[C@@H](C)Oc1ccc(/C=N\NC(C)=O)cc1Cl. The second-order valence-electron chi connectivity index (χ2n) is 3.95. The van der Waals surface area contributed by atoms with Crippen molar-refractivity contribution in [2.45, 2.75) is 33.3 Å². The van der Waals surface area contributed by atoms with Crippen molar-refractivity contribution in [1.82, 2.24) is 5.43 Å². The lowest BCUT2D eigenvalue weighted by Gasteiger charge is -2.13. The van der Waals surface area contributed by atoms with Crippen LogP contribution in [0.5, 0.6) is 5.75 Å². The van der Waals surface area contributed by atoms with E-state index in [-0.39, 0.29) is 12.0 Å². The highest BCUT2D eigenvalue weighted by atomic mass is 35.5. The molecule has 0 aliphatic rings. The van der Waals surface area contributed by atoms with Crippen molar-refractivity contribution in [2.75, 3.05) is 0 Å². The predicted molar refractivity (Wildman–Crippen MR) is 73.2 cm³/mol. The number of benzene rings is 1. The van der Waals surface area contributed by atoms with E-state index in [2.05, 4.69) is 10.5 Å². The molecule has 0 unspecified atom stereocenters. The summed E-state index contributed by atoms with van der Waals surface area (Å²) in [5, 5.41) is 4.29. The summed E-state index contributed by atoms with van der Waals surface area (Å²) in [5.74, 6) is 0.441. The van der Waals surface area contributed by atoms with Crippen LogP contribution in [0.25, 0.3) is 0 Å². The van der Waals surface area contributed by atoms with Crippen LogP contribution in [-0.4, -0.2) is 18.2 Å². The summed E-state index contributed by atoms with van der Waals surface area (Å²) in [5.41, 5.74) is 3.12. The number of carbonyl (C=O) groups excluding carboxylic acids is 1. The van der Waals surface area contributed by atoms with Crippen LogP contribution >= 0.6 is 11.6 Å². The van der Waals surface area contributed by atoms with Crippen LogP contribution < -0.4 is 10.2 Å². The van der Waals surface area contributed by atoms with E-state index in [0.717, 1.165) is 12.0 Å². The molecule has 0 aliphatic heterocycles. The molecular formula is C13H17ClN2O2. The predicted octanol–water partition coefficient (Wildman–Crippen LogP) is 2.99. The standard InChI is InChI=1S/C13H17ClN2O2/c1-4-9(2)18-13-6-5-11(7-12(13)14)8-15-16-10(3)17/h5-9H,4H2,1-3H3,(H,16,17)/b15-8-/t9-/m1/s1. The normalized spacial score (nSPS) is 12.4. The smallest absolute Gasteiger partial charge is 0.236 e. The number of carbonyl (C=O) groups is 1. The van der Waals surface area contributed by atoms with E-state index in [9.17, 15) is 4.79 Å². The number of rotatable bonds is 5. The zero-order valence-corrected chi connectivity index (χ0v) is 11.5. The third-order valence-electron chi connectivity index (χ3n) is 2.29. The molecule has 0 bridgehead atoms. The number of hydrazone groups is 1. The van der Waals surface area contributed by atoms with Gasteiger partial charge in [-0.1, -0.05) is 18.5 Å². The molecule has 98 valence electrons. The van der Waals surface area contributed by atoms with E-state index < -0.39 is 0 Å². The van der Waals surface area contributed by atoms with Gasteiger partial charge < -0.3 is 4.74 Å². The Morgan fingerprint density at radius 1 is 1.61 bits per heavy atom. The molecule has 1 atom stereocenters. The molecule has 0 saturated heterocycles. The first-order valence-electron chi connectivity index (χ1n) is 5.78. The van der Waals surface area contributed by atoms with Gasteiger partial charge in [-0.15, -0.1) is 0 Å². The Bertz CT molecular complexity index is 447. The maximum absolute atomic E-state index is 10.6. The molecule has 0 fully saturated rings. The van der Waals surface area contributed by atoms with Crippen molar-refractivity contribution in [1.29, 1.82) is 0 Å². The second kappa shape index (κ2) is 7.01. The minimum Gasteiger partial charge on any atom is -0.489 e.